The van der Waals surface area contributed by atoms with E-state index in [2.05, 4.69) is 4.98 Å². The molecule has 70 valence electrons. The summed E-state index contributed by atoms with van der Waals surface area (Å²) in [6, 6.07) is 7.11. The number of carbonyl (C=O) groups is 1. The van der Waals surface area contributed by atoms with Crippen molar-refractivity contribution in [3.05, 3.63) is 41.4 Å². The summed E-state index contributed by atoms with van der Waals surface area (Å²) >= 11 is 5.73. The van der Waals surface area contributed by atoms with Crippen molar-refractivity contribution in [3.8, 4) is 11.3 Å². The van der Waals surface area contributed by atoms with Crippen LogP contribution in [0.2, 0.25) is 5.02 Å². The molecule has 0 N–H and O–H groups in total. The largest absolute Gasteiger partial charge is 0.434 e. The third-order valence-corrected chi connectivity index (χ3v) is 2.01. The van der Waals surface area contributed by atoms with Crippen molar-refractivity contribution < 1.29 is 9.21 Å². The van der Waals surface area contributed by atoms with E-state index in [4.69, 9.17) is 16.0 Å². The van der Waals surface area contributed by atoms with Gasteiger partial charge in [-0.2, -0.15) is 0 Å². The third kappa shape index (κ3) is 1.67. The van der Waals surface area contributed by atoms with E-state index in [1.54, 1.807) is 24.3 Å². The summed E-state index contributed by atoms with van der Waals surface area (Å²) in [6.07, 6.45) is 2.08. The highest BCUT2D eigenvalue weighted by Crippen LogP contribution is 2.21. The molecule has 4 heteroatoms. The quantitative estimate of drug-likeness (QED) is 0.712. The van der Waals surface area contributed by atoms with Crippen molar-refractivity contribution in [2.75, 3.05) is 0 Å². The van der Waals surface area contributed by atoms with Crippen LogP contribution in [-0.4, -0.2) is 11.3 Å². The van der Waals surface area contributed by atoms with E-state index >= 15 is 0 Å². The Morgan fingerprint density at radius 2 is 2.00 bits per heavy atom. The van der Waals surface area contributed by atoms with Crippen LogP contribution in [0.1, 0.15) is 10.7 Å². The summed E-state index contributed by atoms with van der Waals surface area (Å²) in [5.74, 6) is 0.638. The number of halogens is 1. The van der Waals surface area contributed by atoms with E-state index in [-0.39, 0.29) is 5.89 Å². The van der Waals surface area contributed by atoms with E-state index in [1.807, 2.05) is 0 Å². The predicted molar refractivity (Wildman–Crippen MR) is 52.3 cm³/mol. The van der Waals surface area contributed by atoms with Gasteiger partial charge in [-0.05, 0) is 24.3 Å². The molecule has 14 heavy (non-hydrogen) atoms. The molecule has 0 bridgehead atoms. The van der Waals surface area contributed by atoms with Crippen molar-refractivity contribution in [3.63, 3.8) is 0 Å². The van der Waals surface area contributed by atoms with Gasteiger partial charge in [0, 0.05) is 10.6 Å². The Morgan fingerprint density at radius 3 is 2.57 bits per heavy atom. The van der Waals surface area contributed by atoms with E-state index in [9.17, 15) is 4.79 Å². The minimum atomic E-state index is 0.0787. The maximum atomic E-state index is 10.3. The van der Waals surface area contributed by atoms with Gasteiger partial charge in [0.05, 0.1) is 6.20 Å². The highest BCUT2D eigenvalue weighted by molar-refractivity contribution is 6.30. The van der Waals surface area contributed by atoms with E-state index in [0.29, 0.717) is 17.1 Å². The van der Waals surface area contributed by atoms with Gasteiger partial charge in [0.25, 0.3) is 5.89 Å². The van der Waals surface area contributed by atoms with Gasteiger partial charge in [-0.15, -0.1) is 0 Å². The molecule has 0 saturated carbocycles. The van der Waals surface area contributed by atoms with Crippen LogP contribution >= 0.6 is 11.6 Å². The summed E-state index contributed by atoms with van der Waals surface area (Å²) in [6.45, 7) is 0. The lowest BCUT2D eigenvalue weighted by Gasteiger charge is -1.94. The second-order valence-corrected chi connectivity index (χ2v) is 3.12. The molecule has 0 spiro atoms. The standard InChI is InChI=1S/C10H6ClNO2/c11-8-3-1-7(2-4-8)9-5-12-10(6-13)14-9/h1-6H. The van der Waals surface area contributed by atoms with Crippen molar-refractivity contribution in [1.29, 1.82) is 0 Å². The molecule has 0 aliphatic heterocycles. The van der Waals surface area contributed by atoms with Gasteiger partial charge in [0.2, 0.25) is 6.29 Å². The van der Waals surface area contributed by atoms with Crippen molar-refractivity contribution in [1.82, 2.24) is 4.98 Å². The van der Waals surface area contributed by atoms with Crippen molar-refractivity contribution in [2.24, 2.45) is 0 Å². The molecule has 0 fully saturated rings. The Hall–Kier alpha value is -1.61. The maximum Gasteiger partial charge on any atom is 0.260 e. The van der Waals surface area contributed by atoms with Crippen molar-refractivity contribution in [2.45, 2.75) is 0 Å². The highest BCUT2D eigenvalue weighted by Gasteiger charge is 2.04. The van der Waals surface area contributed by atoms with Crippen LogP contribution in [0, 0.1) is 0 Å². The summed E-state index contributed by atoms with van der Waals surface area (Å²) in [5.41, 5.74) is 0.843. The van der Waals surface area contributed by atoms with Gasteiger partial charge in [-0.1, -0.05) is 11.6 Å². The number of nitrogens with zero attached hydrogens (tertiary/aromatic N) is 1. The highest BCUT2D eigenvalue weighted by atomic mass is 35.5. The normalized spacial score (nSPS) is 10.1. The molecular formula is C10H6ClNO2. The number of hydrogen-bond donors (Lipinski definition) is 0. The number of aldehydes is 1. The fourth-order valence-corrected chi connectivity index (χ4v) is 1.22. The van der Waals surface area contributed by atoms with Gasteiger partial charge in [-0.3, -0.25) is 4.79 Å². The lowest BCUT2D eigenvalue weighted by atomic mass is 10.2. The Kier molecular flexibility index (Phi) is 2.33. The lowest BCUT2D eigenvalue weighted by molar-refractivity contribution is 0.109. The molecule has 1 heterocycles. The van der Waals surface area contributed by atoms with Crippen molar-refractivity contribution >= 4 is 17.9 Å². The van der Waals surface area contributed by atoms with Gasteiger partial charge in [0.15, 0.2) is 5.76 Å². The molecule has 0 radical (unpaired) electrons. The summed E-state index contributed by atoms with van der Waals surface area (Å²) in [4.78, 5) is 14.1. The zero-order valence-corrected chi connectivity index (χ0v) is 7.86. The first kappa shape index (κ1) is 8.97. The zero-order valence-electron chi connectivity index (χ0n) is 7.11. The van der Waals surface area contributed by atoms with Crippen LogP contribution in [0.4, 0.5) is 0 Å². The minimum absolute atomic E-state index is 0.0787. The Balaban J connectivity index is 2.39. The fourth-order valence-electron chi connectivity index (χ4n) is 1.09. The Bertz CT molecular complexity index is 447. The molecule has 0 saturated heterocycles. The van der Waals surface area contributed by atoms with E-state index < -0.39 is 0 Å². The first-order chi connectivity index (χ1) is 6.79. The van der Waals surface area contributed by atoms with Crippen LogP contribution in [0.15, 0.2) is 34.9 Å². The van der Waals surface area contributed by atoms with Gasteiger partial charge in [-0.25, -0.2) is 4.98 Å². The number of hydrogen-bond acceptors (Lipinski definition) is 3. The van der Waals surface area contributed by atoms with Gasteiger partial charge in [0.1, 0.15) is 0 Å². The molecular weight excluding hydrogens is 202 g/mol. The molecule has 0 aliphatic carbocycles. The van der Waals surface area contributed by atoms with Gasteiger partial charge >= 0.3 is 0 Å². The average Bonchev–Trinajstić information content (AvgIpc) is 2.67. The first-order valence-corrected chi connectivity index (χ1v) is 4.34. The minimum Gasteiger partial charge on any atom is -0.434 e. The molecule has 2 aromatic rings. The van der Waals surface area contributed by atoms with Crippen LogP contribution in [0.25, 0.3) is 11.3 Å². The number of oxazole rings is 1. The summed E-state index contributed by atoms with van der Waals surface area (Å²) < 4.78 is 5.14. The van der Waals surface area contributed by atoms with E-state index in [1.165, 1.54) is 6.20 Å². The summed E-state index contributed by atoms with van der Waals surface area (Å²) in [5, 5.41) is 0.656. The number of benzene rings is 1. The second-order valence-electron chi connectivity index (χ2n) is 2.69. The van der Waals surface area contributed by atoms with Crippen LogP contribution in [-0.2, 0) is 0 Å². The fraction of sp³-hybridized carbons (Fsp3) is 0. The monoisotopic (exact) mass is 207 g/mol. The summed E-state index contributed by atoms with van der Waals surface area (Å²) in [7, 11) is 0. The Morgan fingerprint density at radius 1 is 1.29 bits per heavy atom. The molecule has 0 unspecified atom stereocenters. The van der Waals surface area contributed by atoms with Crippen LogP contribution in [0.5, 0.6) is 0 Å². The average molecular weight is 208 g/mol. The second kappa shape index (κ2) is 3.64. The zero-order chi connectivity index (χ0) is 9.97. The van der Waals surface area contributed by atoms with Crippen LogP contribution < -0.4 is 0 Å². The molecule has 1 aromatic heterocycles. The number of carbonyl (C=O) groups excluding carboxylic acids is 1. The smallest absolute Gasteiger partial charge is 0.260 e. The van der Waals surface area contributed by atoms with Crippen LogP contribution in [0.3, 0.4) is 0 Å². The molecule has 1 aromatic carbocycles. The topological polar surface area (TPSA) is 43.1 Å². The third-order valence-electron chi connectivity index (χ3n) is 1.75. The first-order valence-electron chi connectivity index (χ1n) is 3.96. The molecule has 0 aliphatic rings. The number of rotatable bonds is 2. The molecule has 0 atom stereocenters. The lowest BCUT2D eigenvalue weighted by Crippen LogP contribution is -1.74. The molecule has 2 rings (SSSR count). The molecule has 3 nitrogen and oxygen atoms in total. The van der Waals surface area contributed by atoms with E-state index in [0.717, 1.165) is 5.56 Å². The predicted octanol–water partition coefficient (Wildman–Crippen LogP) is 2.81. The van der Waals surface area contributed by atoms with Gasteiger partial charge < -0.3 is 4.42 Å². The number of aromatic nitrogens is 1. The molecule has 0 amide bonds. The Labute approximate surface area is 85.3 Å². The maximum absolute atomic E-state index is 10.3. The SMILES string of the molecule is O=Cc1ncc(-c2ccc(Cl)cc2)o1.